The molecule has 1 atom stereocenters. The van der Waals surface area contributed by atoms with E-state index in [0.29, 0.717) is 6.54 Å². The van der Waals surface area contributed by atoms with Crippen molar-refractivity contribution in [3.63, 3.8) is 0 Å². The second-order valence-electron chi connectivity index (χ2n) is 5.46. The molecule has 0 spiro atoms. The predicted molar refractivity (Wildman–Crippen MR) is 84.5 cm³/mol. The highest BCUT2D eigenvalue weighted by molar-refractivity contribution is 6.05. The Hall–Kier alpha value is -1.91. The second kappa shape index (κ2) is 5.84. The van der Waals surface area contributed by atoms with Crippen molar-refractivity contribution in [2.45, 2.75) is 25.4 Å². The maximum Gasteiger partial charge on any atom is 0.227 e. The van der Waals surface area contributed by atoms with Gasteiger partial charge in [-0.3, -0.25) is 4.79 Å². The molecule has 0 saturated heterocycles. The minimum absolute atomic E-state index is 0.0639. The average molecular weight is 284 g/mol. The molecule has 2 aromatic carbocycles. The predicted octanol–water partition coefficient (Wildman–Crippen LogP) is 2.24. The number of nitrogens with two attached hydrogens (primary N) is 1. The minimum atomic E-state index is -0.234. The van der Waals surface area contributed by atoms with E-state index < -0.39 is 0 Å². The molecule has 1 aliphatic carbocycles. The van der Waals surface area contributed by atoms with Crippen LogP contribution in [0.5, 0.6) is 0 Å². The Balaban J connectivity index is 1.87. The maximum atomic E-state index is 12.1. The number of methoxy groups -OCH3 is 1. The lowest BCUT2D eigenvalue weighted by Gasteiger charge is -2.14. The van der Waals surface area contributed by atoms with Crippen molar-refractivity contribution < 1.29 is 9.53 Å². The van der Waals surface area contributed by atoms with Gasteiger partial charge in [0.15, 0.2) is 0 Å². The van der Waals surface area contributed by atoms with Gasteiger partial charge in [-0.1, -0.05) is 24.3 Å². The molecular weight excluding hydrogens is 264 g/mol. The summed E-state index contributed by atoms with van der Waals surface area (Å²) < 4.78 is 5.16. The Morgan fingerprint density at radius 2 is 2.05 bits per heavy atom. The number of hydrogen-bond donors (Lipinski definition) is 2. The van der Waals surface area contributed by atoms with E-state index >= 15 is 0 Å². The van der Waals surface area contributed by atoms with Gasteiger partial charge < -0.3 is 15.8 Å². The van der Waals surface area contributed by atoms with Gasteiger partial charge in [-0.25, -0.2) is 0 Å². The summed E-state index contributed by atoms with van der Waals surface area (Å²) in [5.41, 5.74) is 9.17. The van der Waals surface area contributed by atoms with E-state index in [1.807, 2.05) is 6.07 Å². The van der Waals surface area contributed by atoms with Crippen LogP contribution in [0.1, 0.15) is 17.5 Å². The summed E-state index contributed by atoms with van der Waals surface area (Å²) in [5, 5.41) is 5.42. The smallest absolute Gasteiger partial charge is 0.227 e. The van der Waals surface area contributed by atoms with Crippen LogP contribution < -0.4 is 11.1 Å². The molecule has 3 rings (SSSR count). The van der Waals surface area contributed by atoms with E-state index in [4.69, 9.17) is 10.5 Å². The van der Waals surface area contributed by atoms with E-state index in [0.717, 1.165) is 23.9 Å². The van der Waals surface area contributed by atoms with E-state index in [1.165, 1.54) is 16.5 Å². The number of ether oxygens (including phenoxy) is 1. The first-order chi connectivity index (χ1) is 10.2. The van der Waals surface area contributed by atoms with Crippen molar-refractivity contribution in [2.24, 2.45) is 5.73 Å². The molecule has 0 aliphatic heterocycles. The summed E-state index contributed by atoms with van der Waals surface area (Å²) in [7, 11) is 1.57. The van der Waals surface area contributed by atoms with Gasteiger partial charge in [0.2, 0.25) is 5.91 Å². The number of hydrogen-bond acceptors (Lipinski definition) is 3. The topological polar surface area (TPSA) is 64.3 Å². The molecule has 2 aromatic rings. The van der Waals surface area contributed by atoms with E-state index in [9.17, 15) is 4.79 Å². The molecule has 0 aromatic heterocycles. The number of carbonyl (C=O) groups is 1. The van der Waals surface area contributed by atoms with Crippen molar-refractivity contribution in [3.8, 4) is 0 Å². The molecule has 1 amide bonds. The lowest BCUT2D eigenvalue weighted by molar-refractivity contribution is -0.118. The maximum absolute atomic E-state index is 12.1. The van der Waals surface area contributed by atoms with E-state index in [1.54, 1.807) is 7.11 Å². The largest absolute Gasteiger partial charge is 0.380 e. The summed E-state index contributed by atoms with van der Waals surface area (Å²) in [6, 6.07) is 10.4. The third kappa shape index (κ3) is 2.64. The monoisotopic (exact) mass is 284 g/mol. The molecule has 110 valence electrons. The van der Waals surface area contributed by atoms with Gasteiger partial charge in [0.25, 0.3) is 0 Å². The standard InChI is InChI=1S/C17H20N2O2/c1-21-13(10-18)9-16(20)19-15-8-7-12-6-5-11-3-2-4-14(15)17(11)12/h2-4,7-8,13H,5-6,9-10,18H2,1H3,(H,19,20). The molecule has 0 saturated carbocycles. The fraction of sp³-hybridized carbons (Fsp3) is 0.353. The normalized spacial score (nSPS) is 14.4. The summed E-state index contributed by atoms with van der Waals surface area (Å²) in [6.45, 7) is 0.341. The zero-order chi connectivity index (χ0) is 14.8. The number of amides is 1. The van der Waals surface area contributed by atoms with Crippen molar-refractivity contribution in [1.82, 2.24) is 0 Å². The quantitative estimate of drug-likeness (QED) is 0.885. The molecule has 3 N–H and O–H groups in total. The van der Waals surface area contributed by atoms with Gasteiger partial charge in [0.05, 0.1) is 12.5 Å². The number of benzene rings is 2. The van der Waals surface area contributed by atoms with Crippen molar-refractivity contribution in [1.29, 1.82) is 0 Å². The van der Waals surface area contributed by atoms with E-state index in [-0.39, 0.29) is 18.4 Å². The minimum Gasteiger partial charge on any atom is -0.380 e. The fourth-order valence-electron chi connectivity index (χ4n) is 3.03. The fourth-order valence-corrected chi connectivity index (χ4v) is 3.03. The summed E-state index contributed by atoms with van der Waals surface area (Å²) >= 11 is 0. The Labute approximate surface area is 124 Å². The number of aryl methyl sites for hydroxylation is 2. The molecule has 0 heterocycles. The SMILES string of the molecule is COC(CN)CC(=O)Nc1ccc2c3c(cccc13)CC2. The van der Waals surface area contributed by atoms with Gasteiger partial charge in [0, 0.05) is 24.7 Å². The first-order valence-electron chi connectivity index (χ1n) is 7.29. The van der Waals surface area contributed by atoms with Crippen LogP contribution in [0.2, 0.25) is 0 Å². The molecule has 0 bridgehead atoms. The molecule has 1 aliphatic rings. The van der Waals surface area contributed by atoms with Crippen molar-refractivity contribution in [3.05, 3.63) is 41.5 Å². The van der Waals surface area contributed by atoms with Gasteiger partial charge in [-0.15, -0.1) is 0 Å². The molecule has 4 heteroatoms. The van der Waals surface area contributed by atoms with Crippen LogP contribution >= 0.6 is 0 Å². The first kappa shape index (κ1) is 14.0. The Kier molecular flexibility index (Phi) is 3.90. The highest BCUT2D eigenvalue weighted by Crippen LogP contribution is 2.35. The molecule has 4 nitrogen and oxygen atoms in total. The van der Waals surface area contributed by atoms with Crippen LogP contribution in [0.4, 0.5) is 5.69 Å². The average Bonchev–Trinajstić information content (AvgIpc) is 2.92. The van der Waals surface area contributed by atoms with Crippen LogP contribution in [-0.2, 0) is 22.4 Å². The van der Waals surface area contributed by atoms with Gasteiger partial charge >= 0.3 is 0 Å². The van der Waals surface area contributed by atoms with Crippen LogP contribution in [0.15, 0.2) is 30.3 Å². The second-order valence-corrected chi connectivity index (χ2v) is 5.46. The molecule has 0 radical (unpaired) electrons. The third-order valence-electron chi connectivity index (χ3n) is 4.16. The number of carbonyl (C=O) groups excluding carboxylic acids is 1. The Morgan fingerprint density at radius 3 is 2.76 bits per heavy atom. The van der Waals surface area contributed by atoms with Gasteiger partial charge in [-0.2, -0.15) is 0 Å². The molecule has 21 heavy (non-hydrogen) atoms. The van der Waals surface area contributed by atoms with Crippen LogP contribution in [0.25, 0.3) is 10.8 Å². The van der Waals surface area contributed by atoms with Crippen molar-refractivity contribution >= 4 is 22.4 Å². The first-order valence-corrected chi connectivity index (χ1v) is 7.29. The zero-order valence-corrected chi connectivity index (χ0v) is 12.2. The number of rotatable bonds is 5. The highest BCUT2D eigenvalue weighted by atomic mass is 16.5. The van der Waals surface area contributed by atoms with Gasteiger partial charge in [-0.05, 0) is 35.4 Å². The summed E-state index contributed by atoms with van der Waals surface area (Å²) in [6.07, 6.45) is 2.21. The highest BCUT2D eigenvalue weighted by Gasteiger charge is 2.17. The van der Waals surface area contributed by atoms with Crippen LogP contribution in [0, 0.1) is 0 Å². The molecule has 1 unspecified atom stereocenters. The van der Waals surface area contributed by atoms with Crippen LogP contribution in [0.3, 0.4) is 0 Å². The molecular formula is C17H20N2O2. The number of nitrogens with one attached hydrogen (secondary N) is 1. The van der Waals surface area contributed by atoms with Crippen LogP contribution in [-0.4, -0.2) is 25.7 Å². The summed E-state index contributed by atoms with van der Waals surface area (Å²) in [5.74, 6) is -0.0639. The van der Waals surface area contributed by atoms with Gasteiger partial charge in [0.1, 0.15) is 0 Å². The lowest BCUT2D eigenvalue weighted by atomic mass is 10.0. The molecule has 0 fully saturated rings. The van der Waals surface area contributed by atoms with E-state index in [2.05, 4.69) is 29.6 Å². The summed E-state index contributed by atoms with van der Waals surface area (Å²) in [4.78, 5) is 12.1. The zero-order valence-electron chi connectivity index (χ0n) is 12.2. The Morgan fingerprint density at radius 1 is 1.29 bits per heavy atom. The number of anilines is 1. The Bertz CT molecular complexity index is 668. The lowest BCUT2D eigenvalue weighted by Crippen LogP contribution is -2.28. The third-order valence-corrected chi connectivity index (χ3v) is 4.16. The van der Waals surface area contributed by atoms with Crippen molar-refractivity contribution in [2.75, 3.05) is 19.0 Å².